The summed E-state index contributed by atoms with van der Waals surface area (Å²) >= 11 is 6.11. The smallest absolute Gasteiger partial charge is 0.127 e. The van der Waals surface area contributed by atoms with Crippen LogP contribution in [-0.2, 0) is 0 Å². The summed E-state index contributed by atoms with van der Waals surface area (Å²) in [5.41, 5.74) is 2.32. The number of hydrogen-bond donors (Lipinski definition) is 1. The molecular weight excluding hydrogens is 222 g/mol. The Morgan fingerprint density at radius 3 is 2.94 bits per heavy atom. The van der Waals surface area contributed by atoms with Gasteiger partial charge < -0.3 is 10.1 Å². The van der Waals surface area contributed by atoms with E-state index < -0.39 is 0 Å². The van der Waals surface area contributed by atoms with Crippen molar-refractivity contribution in [3.63, 3.8) is 0 Å². The number of ether oxygens (including phenoxy) is 1. The van der Waals surface area contributed by atoms with E-state index in [0.717, 1.165) is 29.5 Å². The first-order chi connectivity index (χ1) is 7.63. The van der Waals surface area contributed by atoms with Crippen LogP contribution in [0.3, 0.4) is 0 Å². The number of nitrogens with one attached hydrogen (secondary N) is 1. The van der Waals surface area contributed by atoms with E-state index in [1.54, 1.807) is 0 Å². The number of fused-ring (bicyclic) bond motifs is 1. The second-order valence-electron chi connectivity index (χ2n) is 4.46. The highest BCUT2D eigenvalue weighted by Gasteiger charge is 2.28. The Balaban J connectivity index is 2.45. The summed E-state index contributed by atoms with van der Waals surface area (Å²) < 4.78 is 5.80. The maximum absolute atomic E-state index is 6.11. The SMILES string of the molecule is CCNC1c2cc(Cl)cc(C)c2OCC1C. The number of rotatable bonds is 2. The van der Waals surface area contributed by atoms with Gasteiger partial charge in [0.05, 0.1) is 6.61 Å². The van der Waals surface area contributed by atoms with Gasteiger partial charge in [0.15, 0.2) is 0 Å². The van der Waals surface area contributed by atoms with Crippen molar-refractivity contribution in [2.75, 3.05) is 13.2 Å². The van der Waals surface area contributed by atoms with Gasteiger partial charge in [-0.15, -0.1) is 0 Å². The van der Waals surface area contributed by atoms with Crippen molar-refractivity contribution in [2.24, 2.45) is 5.92 Å². The van der Waals surface area contributed by atoms with Crippen molar-refractivity contribution in [1.29, 1.82) is 0 Å². The standard InChI is InChI=1S/C13H18ClNO/c1-4-15-12-9(3)7-16-13-8(2)5-10(14)6-11(12)13/h5-6,9,12,15H,4,7H2,1-3H3. The molecule has 0 amide bonds. The maximum Gasteiger partial charge on any atom is 0.127 e. The molecule has 2 rings (SSSR count). The van der Waals surface area contributed by atoms with Crippen LogP contribution >= 0.6 is 11.6 Å². The first-order valence-electron chi connectivity index (χ1n) is 5.79. The van der Waals surface area contributed by atoms with Gasteiger partial charge in [-0.05, 0) is 31.2 Å². The minimum absolute atomic E-state index is 0.353. The lowest BCUT2D eigenvalue weighted by atomic mass is 9.90. The topological polar surface area (TPSA) is 21.3 Å². The number of halogens is 1. The molecule has 2 atom stereocenters. The van der Waals surface area contributed by atoms with Crippen molar-refractivity contribution in [1.82, 2.24) is 5.32 Å². The third kappa shape index (κ3) is 2.04. The molecule has 2 nitrogen and oxygen atoms in total. The molecule has 0 aromatic heterocycles. The Hall–Kier alpha value is -0.730. The lowest BCUT2D eigenvalue weighted by Gasteiger charge is -2.33. The normalized spacial score (nSPS) is 23.8. The Bertz CT molecular complexity index is 392. The highest BCUT2D eigenvalue weighted by Crippen LogP contribution is 2.39. The highest BCUT2D eigenvalue weighted by molar-refractivity contribution is 6.30. The van der Waals surface area contributed by atoms with Gasteiger partial charge in [0.1, 0.15) is 5.75 Å². The fourth-order valence-corrected chi connectivity index (χ4v) is 2.61. The zero-order chi connectivity index (χ0) is 11.7. The first-order valence-corrected chi connectivity index (χ1v) is 6.17. The third-order valence-corrected chi connectivity index (χ3v) is 3.31. The zero-order valence-corrected chi connectivity index (χ0v) is 10.8. The molecule has 1 N–H and O–H groups in total. The molecule has 0 bridgehead atoms. The van der Waals surface area contributed by atoms with Gasteiger partial charge in [0.2, 0.25) is 0 Å². The van der Waals surface area contributed by atoms with Crippen LogP contribution in [0.4, 0.5) is 0 Å². The summed E-state index contributed by atoms with van der Waals surface area (Å²) in [5, 5.41) is 4.29. The van der Waals surface area contributed by atoms with Crippen LogP contribution in [0, 0.1) is 12.8 Å². The van der Waals surface area contributed by atoms with E-state index in [4.69, 9.17) is 16.3 Å². The molecule has 0 spiro atoms. The molecule has 0 radical (unpaired) electrons. The summed E-state index contributed by atoms with van der Waals surface area (Å²) in [7, 11) is 0. The van der Waals surface area contributed by atoms with Crippen molar-refractivity contribution >= 4 is 11.6 Å². The molecule has 3 heteroatoms. The minimum Gasteiger partial charge on any atom is -0.493 e. The van der Waals surface area contributed by atoms with E-state index in [9.17, 15) is 0 Å². The molecule has 1 aliphatic heterocycles. The van der Waals surface area contributed by atoms with E-state index in [2.05, 4.69) is 19.2 Å². The number of aryl methyl sites for hydroxylation is 1. The maximum atomic E-state index is 6.11. The van der Waals surface area contributed by atoms with Crippen LogP contribution in [0.15, 0.2) is 12.1 Å². The Morgan fingerprint density at radius 1 is 1.50 bits per heavy atom. The fourth-order valence-electron chi connectivity index (χ4n) is 2.33. The molecule has 1 aromatic carbocycles. The van der Waals surface area contributed by atoms with E-state index in [0.29, 0.717) is 12.0 Å². The molecule has 1 heterocycles. The lowest BCUT2D eigenvalue weighted by molar-refractivity contribution is 0.189. The van der Waals surface area contributed by atoms with Gasteiger partial charge in [-0.2, -0.15) is 0 Å². The van der Waals surface area contributed by atoms with Crippen molar-refractivity contribution in [3.05, 3.63) is 28.3 Å². The fraction of sp³-hybridized carbons (Fsp3) is 0.538. The van der Waals surface area contributed by atoms with Gasteiger partial charge in [0.25, 0.3) is 0 Å². The highest BCUT2D eigenvalue weighted by atomic mass is 35.5. The molecule has 0 aliphatic carbocycles. The van der Waals surface area contributed by atoms with Crippen LogP contribution in [0.2, 0.25) is 5.02 Å². The Morgan fingerprint density at radius 2 is 2.25 bits per heavy atom. The average molecular weight is 240 g/mol. The summed E-state index contributed by atoms with van der Waals surface area (Å²) in [4.78, 5) is 0. The van der Waals surface area contributed by atoms with Gasteiger partial charge in [-0.1, -0.05) is 25.4 Å². The van der Waals surface area contributed by atoms with Crippen LogP contribution in [0.1, 0.15) is 31.0 Å². The zero-order valence-electron chi connectivity index (χ0n) is 10.0. The molecule has 0 saturated heterocycles. The molecule has 2 unspecified atom stereocenters. The predicted octanol–water partition coefficient (Wildman–Crippen LogP) is 3.33. The van der Waals surface area contributed by atoms with Crippen molar-refractivity contribution in [2.45, 2.75) is 26.8 Å². The molecular formula is C13H18ClNO. The van der Waals surface area contributed by atoms with Gasteiger partial charge in [-0.3, -0.25) is 0 Å². The van der Waals surface area contributed by atoms with Gasteiger partial charge in [-0.25, -0.2) is 0 Å². The van der Waals surface area contributed by atoms with Crippen LogP contribution in [-0.4, -0.2) is 13.2 Å². The molecule has 1 aromatic rings. The average Bonchev–Trinajstić information content (AvgIpc) is 2.22. The van der Waals surface area contributed by atoms with Crippen LogP contribution in [0.25, 0.3) is 0 Å². The second-order valence-corrected chi connectivity index (χ2v) is 4.90. The van der Waals surface area contributed by atoms with Gasteiger partial charge in [0, 0.05) is 22.5 Å². The first kappa shape index (κ1) is 11.7. The summed E-state index contributed by atoms with van der Waals surface area (Å²) in [6.07, 6.45) is 0. The number of benzene rings is 1. The summed E-state index contributed by atoms with van der Waals surface area (Å²) in [6.45, 7) is 8.10. The largest absolute Gasteiger partial charge is 0.493 e. The molecule has 1 aliphatic rings. The quantitative estimate of drug-likeness (QED) is 0.855. The summed E-state index contributed by atoms with van der Waals surface area (Å²) in [5.74, 6) is 1.48. The molecule has 88 valence electrons. The Kier molecular flexibility index (Phi) is 3.41. The van der Waals surface area contributed by atoms with Crippen LogP contribution in [0.5, 0.6) is 5.75 Å². The van der Waals surface area contributed by atoms with E-state index in [1.807, 2.05) is 19.1 Å². The van der Waals surface area contributed by atoms with E-state index in [-0.39, 0.29) is 0 Å². The Labute approximate surface area is 102 Å². The molecule has 0 saturated carbocycles. The van der Waals surface area contributed by atoms with E-state index in [1.165, 1.54) is 5.56 Å². The van der Waals surface area contributed by atoms with Crippen molar-refractivity contribution < 1.29 is 4.74 Å². The molecule has 16 heavy (non-hydrogen) atoms. The minimum atomic E-state index is 0.353. The van der Waals surface area contributed by atoms with Crippen molar-refractivity contribution in [3.8, 4) is 5.75 Å². The van der Waals surface area contributed by atoms with E-state index >= 15 is 0 Å². The predicted molar refractivity (Wildman–Crippen MR) is 67.3 cm³/mol. The third-order valence-electron chi connectivity index (χ3n) is 3.09. The van der Waals surface area contributed by atoms with Crippen LogP contribution < -0.4 is 10.1 Å². The van der Waals surface area contributed by atoms with Gasteiger partial charge >= 0.3 is 0 Å². The lowest BCUT2D eigenvalue weighted by Crippen LogP contribution is -2.34. The summed E-state index contributed by atoms with van der Waals surface area (Å²) in [6, 6.07) is 4.33. The monoisotopic (exact) mass is 239 g/mol. The molecule has 0 fully saturated rings. The number of hydrogen-bond acceptors (Lipinski definition) is 2. The second kappa shape index (κ2) is 4.64.